The van der Waals surface area contributed by atoms with Gasteiger partial charge >= 0.3 is 0 Å². The number of halogens is 1. The Kier molecular flexibility index (Phi) is 3.29. The molecule has 2 nitrogen and oxygen atoms in total. The lowest BCUT2D eigenvalue weighted by Crippen LogP contribution is -1.86. The predicted molar refractivity (Wildman–Crippen MR) is 83.3 cm³/mol. The van der Waals surface area contributed by atoms with Gasteiger partial charge in [0, 0.05) is 4.88 Å². The van der Waals surface area contributed by atoms with Gasteiger partial charge in [0.05, 0.1) is 10.2 Å². The number of fused-ring (bicyclic) bond motifs is 1. The van der Waals surface area contributed by atoms with Crippen LogP contribution >= 0.6 is 27.3 Å². The van der Waals surface area contributed by atoms with E-state index >= 15 is 0 Å². The molecule has 96 valence electrons. The second-order valence-electron chi connectivity index (χ2n) is 4.32. The molecule has 0 aliphatic rings. The molecule has 0 bridgehead atoms. The average Bonchev–Trinajstić information content (AvgIpc) is 2.72. The first-order valence-electron chi connectivity index (χ1n) is 5.94. The Bertz CT molecular complexity index is 731. The van der Waals surface area contributed by atoms with Crippen molar-refractivity contribution in [2.75, 3.05) is 0 Å². The molecule has 2 aromatic carbocycles. The van der Waals surface area contributed by atoms with E-state index in [9.17, 15) is 0 Å². The van der Waals surface area contributed by atoms with Gasteiger partial charge in [-0.2, -0.15) is 0 Å². The van der Waals surface area contributed by atoms with Crippen molar-refractivity contribution >= 4 is 38.0 Å². The highest BCUT2D eigenvalue weighted by atomic mass is 79.9. The monoisotopic (exact) mass is 333 g/mol. The third-order valence-corrected chi connectivity index (χ3v) is 4.80. The van der Waals surface area contributed by atoms with Gasteiger partial charge in [-0.05, 0) is 46.6 Å². The fraction of sp³-hybridized carbons (Fsp3) is 0.133. The SMILES string of the molecule is Cc1nc(Oc2ccc3ccccc3c2Br)sc1C. The van der Waals surface area contributed by atoms with Gasteiger partial charge < -0.3 is 4.74 Å². The van der Waals surface area contributed by atoms with Crippen molar-refractivity contribution in [1.29, 1.82) is 0 Å². The van der Waals surface area contributed by atoms with Gasteiger partial charge in [-0.3, -0.25) is 0 Å². The summed E-state index contributed by atoms with van der Waals surface area (Å²) >= 11 is 5.19. The Hall–Kier alpha value is -1.39. The zero-order chi connectivity index (χ0) is 13.4. The Labute approximate surface area is 124 Å². The first-order valence-corrected chi connectivity index (χ1v) is 7.55. The molecule has 0 saturated heterocycles. The van der Waals surface area contributed by atoms with Crippen LogP contribution in [0.1, 0.15) is 10.6 Å². The molecule has 3 rings (SSSR count). The van der Waals surface area contributed by atoms with E-state index in [2.05, 4.69) is 46.0 Å². The molecule has 0 unspecified atom stereocenters. The van der Waals surface area contributed by atoms with Crippen molar-refractivity contribution in [2.24, 2.45) is 0 Å². The lowest BCUT2D eigenvalue weighted by atomic mass is 10.1. The summed E-state index contributed by atoms with van der Waals surface area (Å²) in [6.07, 6.45) is 0. The van der Waals surface area contributed by atoms with Crippen LogP contribution in [0.4, 0.5) is 0 Å². The number of benzene rings is 2. The van der Waals surface area contributed by atoms with E-state index in [1.54, 1.807) is 11.3 Å². The quantitative estimate of drug-likeness (QED) is 0.620. The molecular weight excluding hydrogens is 322 g/mol. The third-order valence-electron chi connectivity index (χ3n) is 3.03. The molecule has 3 aromatic rings. The van der Waals surface area contributed by atoms with Gasteiger partial charge in [-0.15, -0.1) is 0 Å². The summed E-state index contributed by atoms with van der Waals surface area (Å²) in [5, 5.41) is 3.02. The highest BCUT2D eigenvalue weighted by Crippen LogP contribution is 2.37. The lowest BCUT2D eigenvalue weighted by Gasteiger charge is -2.07. The number of ether oxygens (including phenoxy) is 1. The van der Waals surface area contributed by atoms with Crippen molar-refractivity contribution in [3.63, 3.8) is 0 Å². The van der Waals surface area contributed by atoms with Crippen molar-refractivity contribution in [3.8, 4) is 10.9 Å². The predicted octanol–water partition coefficient (Wildman–Crippen LogP) is 5.47. The second kappa shape index (κ2) is 4.94. The maximum absolute atomic E-state index is 5.88. The van der Waals surface area contributed by atoms with E-state index < -0.39 is 0 Å². The summed E-state index contributed by atoms with van der Waals surface area (Å²) in [7, 11) is 0. The summed E-state index contributed by atoms with van der Waals surface area (Å²) in [6, 6.07) is 12.2. The van der Waals surface area contributed by atoms with E-state index in [1.807, 2.05) is 25.1 Å². The number of hydrogen-bond acceptors (Lipinski definition) is 3. The van der Waals surface area contributed by atoms with Crippen molar-refractivity contribution < 1.29 is 4.74 Å². The Morgan fingerprint density at radius 2 is 1.89 bits per heavy atom. The Morgan fingerprint density at radius 1 is 1.11 bits per heavy atom. The van der Waals surface area contributed by atoms with E-state index in [0.717, 1.165) is 21.3 Å². The molecule has 1 aromatic heterocycles. The molecule has 0 N–H and O–H groups in total. The molecule has 4 heteroatoms. The van der Waals surface area contributed by atoms with Gasteiger partial charge in [0.2, 0.25) is 0 Å². The number of nitrogens with zero attached hydrogens (tertiary/aromatic N) is 1. The van der Waals surface area contributed by atoms with Gasteiger partial charge in [0.15, 0.2) is 0 Å². The molecule has 0 aliphatic carbocycles. The van der Waals surface area contributed by atoms with Crippen molar-refractivity contribution in [3.05, 3.63) is 51.4 Å². The van der Waals surface area contributed by atoms with Crippen LogP contribution in [0.2, 0.25) is 0 Å². The van der Waals surface area contributed by atoms with Crippen LogP contribution < -0.4 is 4.74 Å². The minimum atomic E-state index is 0.686. The van der Waals surface area contributed by atoms with Gasteiger partial charge in [0.1, 0.15) is 5.75 Å². The highest BCUT2D eigenvalue weighted by molar-refractivity contribution is 9.10. The zero-order valence-electron chi connectivity index (χ0n) is 10.6. The largest absolute Gasteiger partial charge is 0.430 e. The Morgan fingerprint density at radius 3 is 2.63 bits per heavy atom. The minimum absolute atomic E-state index is 0.686. The number of rotatable bonds is 2. The smallest absolute Gasteiger partial charge is 0.279 e. The number of thiazole rings is 1. The number of aromatic nitrogens is 1. The van der Waals surface area contributed by atoms with Crippen LogP contribution in [-0.2, 0) is 0 Å². The van der Waals surface area contributed by atoms with Gasteiger partial charge in [0.25, 0.3) is 5.19 Å². The first-order chi connectivity index (χ1) is 9.15. The van der Waals surface area contributed by atoms with Crippen LogP contribution in [0.25, 0.3) is 10.8 Å². The molecule has 0 aliphatic heterocycles. The third kappa shape index (κ3) is 2.38. The van der Waals surface area contributed by atoms with E-state index in [1.165, 1.54) is 10.3 Å². The number of hydrogen-bond donors (Lipinski definition) is 0. The maximum Gasteiger partial charge on any atom is 0.279 e. The molecule has 0 radical (unpaired) electrons. The average molecular weight is 334 g/mol. The van der Waals surface area contributed by atoms with Gasteiger partial charge in [-0.25, -0.2) is 4.98 Å². The molecule has 0 spiro atoms. The summed E-state index contributed by atoms with van der Waals surface area (Å²) in [4.78, 5) is 5.59. The minimum Gasteiger partial charge on any atom is -0.430 e. The molecule has 0 amide bonds. The standard InChI is InChI=1S/C15H12BrNOS/c1-9-10(2)19-15(17-9)18-13-8-7-11-5-3-4-6-12(11)14(13)16/h3-8H,1-2H3. The van der Waals surface area contributed by atoms with E-state index in [4.69, 9.17) is 4.74 Å². The fourth-order valence-corrected chi connectivity index (χ4v) is 3.22. The summed E-state index contributed by atoms with van der Waals surface area (Å²) in [6.45, 7) is 4.05. The molecule has 19 heavy (non-hydrogen) atoms. The molecule has 1 heterocycles. The highest BCUT2D eigenvalue weighted by Gasteiger charge is 2.10. The van der Waals surface area contributed by atoms with E-state index in [-0.39, 0.29) is 0 Å². The van der Waals surface area contributed by atoms with Crippen LogP contribution in [0.5, 0.6) is 10.9 Å². The fourth-order valence-electron chi connectivity index (χ4n) is 1.87. The van der Waals surface area contributed by atoms with Crippen LogP contribution in [-0.4, -0.2) is 4.98 Å². The van der Waals surface area contributed by atoms with Crippen LogP contribution in [0, 0.1) is 13.8 Å². The maximum atomic E-state index is 5.88. The molecule has 0 saturated carbocycles. The van der Waals surface area contributed by atoms with Crippen LogP contribution in [0.3, 0.4) is 0 Å². The normalized spacial score (nSPS) is 10.9. The summed E-state index contributed by atoms with van der Waals surface area (Å²) < 4.78 is 6.85. The molecule has 0 atom stereocenters. The Balaban J connectivity index is 2.03. The lowest BCUT2D eigenvalue weighted by molar-refractivity contribution is 0.476. The van der Waals surface area contributed by atoms with E-state index in [0.29, 0.717) is 5.19 Å². The summed E-state index contributed by atoms with van der Waals surface area (Å²) in [5.41, 5.74) is 1.02. The first kappa shape index (κ1) is 12.6. The summed E-state index contributed by atoms with van der Waals surface area (Å²) in [5.74, 6) is 0.799. The number of aryl methyl sites for hydroxylation is 2. The second-order valence-corrected chi connectivity index (χ2v) is 6.28. The molecular formula is C15H12BrNOS. The molecule has 0 fully saturated rings. The topological polar surface area (TPSA) is 22.1 Å². The van der Waals surface area contributed by atoms with Crippen molar-refractivity contribution in [2.45, 2.75) is 13.8 Å². The van der Waals surface area contributed by atoms with Crippen LogP contribution in [0.15, 0.2) is 40.9 Å². The van der Waals surface area contributed by atoms with Gasteiger partial charge in [-0.1, -0.05) is 41.7 Å². The van der Waals surface area contributed by atoms with Crippen molar-refractivity contribution in [1.82, 2.24) is 4.98 Å². The zero-order valence-corrected chi connectivity index (χ0v) is 13.0.